The molecule has 6 heteroatoms. The molecular formula is C16H25N3O3. The van der Waals surface area contributed by atoms with Crippen molar-refractivity contribution in [3.8, 4) is 0 Å². The van der Waals surface area contributed by atoms with E-state index in [0.717, 1.165) is 17.8 Å². The molecule has 1 N–H and O–H groups in total. The number of amides is 1. The zero-order valence-electron chi connectivity index (χ0n) is 13.6. The Morgan fingerprint density at radius 1 is 1.50 bits per heavy atom. The Hall–Kier alpha value is -1.50. The third-order valence-electron chi connectivity index (χ3n) is 3.80. The first-order valence-electron chi connectivity index (χ1n) is 7.52. The molecule has 0 spiro atoms. The standard InChI is InChI=1S/C16H25N3O3/c1-13-4-5-14(9-17-13)10-19-6-7-22-12-16(21,11-19)8-15(20)18(2)3/h4-5,9,21H,6-8,10-12H2,1-3H3/t16-/m0/s1. The maximum atomic E-state index is 11.9. The highest BCUT2D eigenvalue weighted by Gasteiger charge is 2.35. The summed E-state index contributed by atoms with van der Waals surface area (Å²) in [6.45, 7) is 4.53. The molecule has 1 amide bonds. The number of rotatable bonds is 4. The Balaban J connectivity index is 2.02. The summed E-state index contributed by atoms with van der Waals surface area (Å²) >= 11 is 0. The van der Waals surface area contributed by atoms with Gasteiger partial charge in [0, 0.05) is 45.6 Å². The Bertz CT molecular complexity index is 504. The van der Waals surface area contributed by atoms with Crippen LogP contribution in [0.15, 0.2) is 18.3 Å². The van der Waals surface area contributed by atoms with E-state index in [2.05, 4.69) is 9.88 Å². The predicted molar refractivity (Wildman–Crippen MR) is 83.3 cm³/mol. The second-order valence-corrected chi connectivity index (χ2v) is 6.26. The Morgan fingerprint density at radius 3 is 2.91 bits per heavy atom. The van der Waals surface area contributed by atoms with Crippen LogP contribution in [0.2, 0.25) is 0 Å². The van der Waals surface area contributed by atoms with Gasteiger partial charge in [-0.15, -0.1) is 0 Å². The molecule has 0 aromatic carbocycles. The molecule has 22 heavy (non-hydrogen) atoms. The summed E-state index contributed by atoms with van der Waals surface area (Å²) in [5.74, 6) is -0.0926. The summed E-state index contributed by atoms with van der Waals surface area (Å²) in [6.07, 6.45) is 1.92. The molecule has 1 aromatic rings. The van der Waals surface area contributed by atoms with E-state index in [1.54, 1.807) is 14.1 Å². The molecule has 1 aliphatic heterocycles. The number of hydrogen-bond donors (Lipinski definition) is 1. The highest BCUT2D eigenvalue weighted by atomic mass is 16.5. The molecular weight excluding hydrogens is 282 g/mol. The third kappa shape index (κ3) is 4.76. The van der Waals surface area contributed by atoms with Crippen LogP contribution >= 0.6 is 0 Å². The first kappa shape index (κ1) is 16.9. The van der Waals surface area contributed by atoms with E-state index in [1.165, 1.54) is 4.90 Å². The van der Waals surface area contributed by atoms with Gasteiger partial charge in [-0.1, -0.05) is 6.07 Å². The first-order valence-corrected chi connectivity index (χ1v) is 7.52. The minimum atomic E-state index is -1.14. The summed E-state index contributed by atoms with van der Waals surface area (Å²) in [5, 5.41) is 10.7. The lowest BCUT2D eigenvalue weighted by Gasteiger charge is -2.31. The van der Waals surface area contributed by atoms with Crippen molar-refractivity contribution < 1.29 is 14.6 Å². The molecule has 2 heterocycles. The summed E-state index contributed by atoms with van der Waals surface area (Å²) in [4.78, 5) is 19.8. The van der Waals surface area contributed by atoms with Crippen molar-refractivity contribution in [1.82, 2.24) is 14.8 Å². The number of ether oxygens (including phenoxy) is 1. The summed E-state index contributed by atoms with van der Waals surface area (Å²) in [5.41, 5.74) is 0.931. The van der Waals surface area contributed by atoms with Crippen molar-refractivity contribution in [2.45, 2.75) is 25.5 Å². The SMILES string of the molecule is Cc1ccc(CN2CCOC[C@](O)(CC(=O)N(C)C)C2)cn1. The van der Waals surface area contributed by atoms with Gasteiger partial charge in [0.05, 0.1) is 19.6 Å². The number of aryl methyl sites for hydroxylation is 1. The van der Waals surface area contributed by atoms with Crippen LogP contribution in [-0.4, -0.2) is 71.8 Å². The lowest BCUT2D eigenvalue weighted by molar-refractivity contribution is -0.136. The van der Waals surface area contributed by atoms with Crippen LogP contribution in [0.3, 0.4) is 0 Å². The fourth-order valence-electron chi connectivity index (χ4n) is 2.53. The Kier molecular flexibility index (Phi) is 5.50. The van der Waals surface area contributed by atoms with Crippen LogP contribution in [0.25, 0.3) is 0 Å². The van der Waals surface area contributed by atoms with Gasteiger partial charge < -0.3 is 14.7 Å². The van der Waals surface area contributed by atoms with Gasteiger partial charge in [0.1, 0.15) is 5.60 Å². The lowest BCUT2D eigenvalue weighted by atomic mass is 9.99. The summed E-state index contributed by atoms with van der Waals surface area (Å²) in [7, 11) is 3.39. The van der Waals surface area contributed by atoms with E-state index in [0.29, 0.717) is 19.7 Å². The van der Waals surface area contributed by atoms with E-state index in [4.69, 9.17) is 4.74 Å². The van der Waals surface area contributed by atoms with Gasteiger partial charge >= 0.3 is 0 Å². The number of hydrogen-bond acceptors (Lipinski definition) is 5. The van der Waals surface area contributed by atoms with Crippen LogP contribution in [0, 0.1) is 6.92 Å². The minimum absolute atomic E-state index is 0.0721. The van der Waals surface area contributed by atoms with Crippen molar-refractivity contribution in [3.63, 3.8) is 0 Å². The van der Waals surface area contributed by atoms with Gasteiger partial charge in [0.15, 0.2) is 0 Å². The number of aromatic nitrogens is 1. The van der Waals surface area contributed by atoms with Crippen LogP contribution in [0.1, 0.15) is 17.7 Å². The molecule has 0 saturated carbocycles. The van der Waals surface area contributed by atoms with Gasteiger partial charge in [-0.2, -0.15) is 0 Å². The molecule has 1 atom stereocenters. The molecule has 6 nitrogen and oxygen atoms in total. The average molecular weight is 307 g/mol. The molecule has 2 rings (SSSR count). The molecule has 0 aliphatic carbocycles. The van der Waals surface area contributed by atoms with Gasteiger partial charge in [-0.05, 0) is 18.6 Å². The zero-order chi connectivity index (χ0) is 16.2. The van der Waals surface area contributed by atoms with Crippen molar-refractivity contribution in [2.24, 2.45) is 0 Å². The quantitative estimate of drug-likeness (QED) is 0.874. The third-order valence-corrected chi connectivity index (χ3v) is 3.80. The van der Waals surface area contributed by atoms with Crippen LogP contribution < -0.4 is 0 Å². The van der Waals surface area contributed by atoms with Gasteiger partial charge in [-0.3, -0.25) is 14.7 Å². The van der Waals surface area contributed by atoms with Gasteiger partial charge in [0.2, 0.25) is 5.91 Å². The Morgan fingerprint density at radius 2 is 2.27 bits per heavy atom. The first-order chi connectivity index (χ1) is 10.4. The van der Waals surface area contributed by atoms with Gasteiger partial charge in [-0.25, -0.2) is 0 Å². The fraction of sp³-hybridized carbons (Fsp3) is 0.625. The number of nitrogens with zero attached hydrogens (tertiary/aromatic N) is 3. The minimum Gasteiger partial charge on any atom is -0.386 e. The highest BCUT2D eigenvalue weighted by molar-refractivity contribution is 5.76. The molecule has 122 valence electrons. The van der Waals surface area contributed by atoms with Crippen LogP contribution in [-0.2, 0) is 16.1 Å². The molecule has 1 aliphatic rings. The molecule has 0 bridgehead atoms. The van der Waals surface area contributed by atoms with Crippen molar-refractivity contribution >= 4 is 5.91 Å². The monoisotopic (exact) mass is 307 g/mol. The molecule has 0 unspecified atom stereocenters. The van der Waals surface area contributed by atoms with E-state index in [-0.39, 0.29) is 18.9 Å². The number of pyridine rings is 1. The molecule has 1 aromatic heterocycles. The molecule has 0 radical (unpaired) electrons. The maximum absolute atomic E-state index is 11.9. The number of aliphatic hydroxyl groups is 1. The van der Waals surface area contributed by atoms with E-state index in [1.807, 2.05) is 25.3 Å². The van der Waals surface area contributed by atoms with Crippen molar-refractivity contribution in [1.29, 1.82) is 0 Å². The molecule has 1 saturated heterocycles. The number of carbonyl (C=O) groups excluding carboxylic acids is 1. The predicted octanol–water partition coefficient (Wildman–Crippen LogP) is 0.432. The summed E-state index contributed by atoms with van der Waals surface area (Å²) in [6, 6.07) is 4.02. The van der Waals surface area contributed by atoms with Crippen LogP contribution in [0.5, 0.6) is 0 Å². The average Bonchev–Trinajstić information content (AvgIpc) is 2.63. The van der Waals surface area contributed by atoms with E-state index >= 15 is 0 Å². The fourth-order valence-corrected chi connectivity index (χ4v) is 2.53. The van der Waals surface area contributed by atoms with Crippen LogP contribution in [0.4, 0.5) is 0 Å². The normalized spacial score (nSPS) is 23.1. The van der Waals surface area contributed by atoms with Crippen molar-refractivity contribution in [3.05, 3.63) is 29.6 Å². The smallest absolute Gasteiger partial charge is 0.225 e. The zero-order valence-corrected chi connectivity index (χ0v) is 13.6. The van der Waals surface area contributed by atoms with Crippen molar-refractivity contribution in [2.75, 3.05) is 40.4 Å². The number of β-amino-alcohol motifs (C(OH)–C–C–N with tert-alkyl or cyclic N) is 1. The highest BCUT2D eigenvalue weighted by Crippen LogP contribution is 2.19. The largest absolute Gasteiger partial charge is 0.386 e. The molecule has 1 fully saturated rings. The van der Waals surface area contributed by atoms with E-state index in [9.17, 15) is 9.90 Å². The Labute approximate surface area is 131 Å². The summed E-state index contributed by atoms with van der Waals surface area (Å²) < 4.78 is 5.50. The number of carbonyl (C=O) groups is 1. The lowest BCUT2D eigenvalue weighted by Crippen LogP contribution is -2.47. The second-order valence-electron chi connectivity index (χ2n) is 6.26. The maximum Gasteiger partial charge on any atom is 0.225 e. The van der Waals surface area contributed by atoms with Gasteiger partial charge in [0.25, 0.3) is 0 Å². The second kappa shape index (κ2) is 7.17. The topological polar surface area (TPSA) is 65.9 Å². The van der Waals surface area contributed by atoms with E-state index < -0.39 is 5.60 Å².